The standard InChI is InChI=1S/C12H14N4O2S/c1-7-3-4-14-12(15-7)19-6-9-5-10(8(2)18-9)11(17)16-13/h3-5H,6,13H2,1-2H3,(H,16,17). The fourth-order valence-corrected chi connectivity index (χ4v) is 2.31. The number of nitrogens with zero attached hydrogens (tertiary/aromatic N) is 2. The number of rotatable bonds is 4. The first-order valence-electron chi connectivity index (χ1n) is 5.63. The number of amides is 1. The summed E-state index contributed by atoms with van der Waals surface area (Å²) in [5.74, 6) is 6.53. The summed E-state index contributed by atoms with van der Waals surface area (Å²) in [5, 5.41) is 0.680. The van der Waals surface area contributed by atoms with Gasteiger partial charge in [-0.25, -0.2) is 15.8 Å². The predicted molar refractivity (Wildman–Crippen MR) is 71.4 cm³/mol. The molecule has 2 rings (SSSR count). The minimum Gasteiger partial charge on any atom is -0.465 e. The second-order valence-corrected chi connectivity index (χ2v) is 4.87. The number of furan rings is 1. The molecule has 1 amide bonds. The van der Waals surface area contributed by atoms with E-state index in [9.17, 15) is 4.79 Å². The minimum atomic E-state index is -0.357. The molecule has 2 aromatic heterocycles. The summed E-state index contributed by atoms with van der Waals surface area (Å²) >= 11 is 1.45. The molecule has 0 radical (unpaired) electrons. The second kappa shape index (κ2) is 5.85. The van der Waals surface area contributed by atoms with E-state index in [1.807, 2.05) is 13.0 Å². The summed E-state index contributed by atoms with van der Waals surface area (Å²) in [6, 6.07) is 3.52. The van der Waals surface area contributed by atoms with Crippen molar-refractivity contribution in [2.45, 2.75) is 24.8 Å². The van der Waals surface area contributed by atoms with E-state index in [1.54, 1.807) is 19.2 Å². The van der Waals surface area contributed by atoms with Gasteiger partial charge in [-0.2, -0.15) is 0 Å². The molecular formula is C12H14N4O2S. The van der Waals surface area contributed by atoms with Crippen molar-refractivity contribution in [2.75, 3.05) is 0 Å². The SMILES string of the molecule is Cc1ccnc(SCc2cc(C(=O)NN)c(C)o2)n1. The zero-order chi connectivity index (χ0) is 13.8. The molecule has 2 heterocycles. The van der Waals surface area contributed by atoms with Crippen LogP contribution in [0.25, 0.3) is 0 Å². The number of hydrogen-bond donors (Lipinski definition) is 2. The van der Waals surface area contributed by atoms with Gasteiger partial charge in [0, 0.05) is 11.9 Å². The van der Waals surface area contributed by atoms with Gasteiger partial charge < -0.3 is 4.42 Å². The molecule has 19 heavy (non-hydrogen) atoms. The van der Waals surface area contributed by atoms with Gasteiger partial charge in [-0.1, -0.05) is 11.8 Å². The van der Waals surface area contributed by atoms with Crippen LogP contribution in [0.15, 0.2) is 27.9 Å². The van der Waals surface area contributed by atoms with E-state index in [0.29, 0.717) is 28.0 Å². The number of nitrogens with two attached hydrogens (primary N) is 1. The van der Waals surface area contributed by atoms with E-state index in [1.165, 1.54) is 11.8 Å². The van der Waals surface area contributed by atoms with Crippen molar-refractivity contribution >= 4 is 17.7 Å². The molecule has 3 N–H and O–H groups in total. The largest absolute Gasteiger partial charge is 0.465 e. The molecule has 0 aliphatic heterocycles. The van der Waals surface area contributed by atoms with Crippen molar-refractivity contribution in [1.82, 2.24) is 15.4 Å². The molecule has 0 aliphatic carbocycles. The number of nitrogen functional groups attached to an aromatic ring is 1. The molecule has 0 saturated heterocycles. The molecule has 0 bridgehead atoms. The molecule has 0 unspecified atom stereocenters. The number of carbonyl (C=O) groups is 1. The van der Waals surface area contributed by atoms with Gasteiger partial charge in [-0.05, 0) is 26.0 Å². The van der Waals surface area contributed by atoms with Crippen LogP contribution in [0.4, 0.5) is 0 Å². The average molecular weight is 278 g/mol. The summed E-state index contributed by atoms with van der Waals surface area (Å²) in [6.07, 6.45) is 1.71. The predicted octanol–water partition coefficient (Wildman–Crippen LogP) is 1.58. The summed E-state index contributed by atoms with van der Waals surface area (Å²) < 4.78 is 5.50. The van der Waals surface area contributed by atoms with Crippen molar-refractivity contribution in [3.63, 3.8) is 0 Å². The Labute approximate surface area is 114 Å². The van der Waals surface area contributed by atoms with Crippen LogP contribution in [-0.4, -0.2) is 15.9 Å². The van der Waals surface area contributed by atoms with Crippen LogP contribution >= 0.6 is 11.8 Å². The first-order valence-corrected chi connectivity index (χ1v) is 6.61. The zero-order valence-electron chi connectivity index (χ0n) is 10.6. The van der Waals surface area contributed by atoms with E-state index in [4.69, 9.17) is 10.3 Å². The van der Waals surface area contributed by atoms with Gasteiger partial charge in [0.05, 0.1) is 11.3 Å². The maximum absolute atomic E-state index is 11.4. The molecule has 100 valence electrons. The van der Waals surface area contributed by atoms with E-state index in [2.05, 4.69) is 15.4 Å². The van der Waals surface area contributed by atoms with Crippen molar-refractivity contribution in [3.05, 3.63) is 41.1 Å². The molecule has 0 atom stereocenters. The summed E-state index contributed by atoms with van der Waals surface area (Å²) in [7, 11) is 0. The Balaban J connectivity index is 2.06. The van der Waals surface area contributed by atoms with Crippen molar-refractivity contribution < 1.29 is 9.21 Å². The lowest BCUT2D eigenvalue weighted by molar-refractivity contribution is 0.0952. The zero-order valence-corrected chi connectivity index (χ0v) is 11.5. The molecule has 2 aromatic rings. The number of hydrogen-bond acceptors (Lipinski definition) is 6. The monoisotopic (exact) mass is 278 g/mol. The Morgan fingerprint density at radius 3 is 3.00 bits per heavy atom. The quantitative estimate of drug-likeness (QED) is 0.290. The average Bonchev–Trinajstić information content (AvgIpc) is 2.77. The highest BCUT2D eigenvalue weighted by Crippen LogP contribution is 2.22. The highest BCUT2D eigenvalue weighted by Gasteiger charge is 2.14. The number of aromatic nitrogens is 2. The number of carbonyl (C=O) groups excluding carboxylic acids is 1. The smallest absolute Gasteiger partial charge is 0.268 e. The van der Waals surface area contributed by atoms with Crippen LogP contribution in [0.1, 0.15) is 27.6 Å². The third-order valence-electron chi connectivity index (χ3n) is 2.46. The fraction of sp³-hybridized carbons (Fsp3) is 0.250. The van der Waals surface area contributed by atoms with Crippen LogP contribution in [0.3, 0.4) is 0 Å². The molecule has 0 spiro atoms. The van der Waals surface area contributed by atoms with E-state index in [0.717, 1.165) is 5.69 Å². The Kier molecular flexibility index (Phi) is 4.18. The van der Waals surface area contributed by atoms with E-state index >= 15 is 0 Å². The van der Waals surface area contributed by atoms with E-state index < -0.39 is 0 Å². The second-order valence-electron chi connectivity index (χ2n) is 3.93. The van der Waals surface area contributed by atoms with Crippen LogP contribution in [0.2, 0.25) is 0 Å². The molecule has 6 nitrogen and oxygen atoms in total. The Morgan fingerprint density at radius 2 is 2.32 bits per heavy atom. The van der Waals surface area contributed by atoms with Crippen molar-refractivity contribution in [2.24, 2.45) is 5.84 Å². The number of thioether (sulfide) groups is 1. The first-order chi connectivity index (χ1) is 9.10. The molecule has 0 aliphatic rings. The van der Waals surface area contributed by atoms with Gasteiger partial charge in [0.2, 0.25) is 0 Å². The number of hydrazine groups is 1. The Bertz CT molecular complexity index is 597. The minimum absolute atomic E-state index is 0.357. The van der Waals surface area contributed by atoms with E-state index in [-0.39, 0.29) is 5.91 Å². The van der Waals surface area contributed by atoms with Gasteiger partial charge in [0.15, 0.2) is 5.16 Å². The normalized spacial score (nSPS) is 10.5. The third kappa shape index (κ3) is 3.33. The lowest BCUT2D eigenvalue weighted by Crippen LogP contribution is -2.30. The van der Waals surface area contributed by atoms with Crippen LogP contribution in [-0.2, 0) is 5.75 Å². The Morgan fingerprint density at radius 1 is 1.53 bits per heavy atom. The summed E-state index contributed by atoms with van der Waals surface area (Å²) in [4.78, 5) is 19.9. The van der Waals surface area contributed by atoms with Gasteiger partial charge in [-0.15, -0.1) is 0 Å². The summed E-state index contributed by atoms with van der Waals surface area (Å²) in [5.41, 5.74) is 3.45. The topological polar surface area (TPSA) is 94.0 Å². The van der Waals surface area contributed by atoms with Crippen molar-refractivity contribution in [1.29, 1.82) is 0 Å². The van der Waals surface area contributed by atoms with Crippen molar-refractivity contribution in [3.8, 4) is 0 Å². The first kappa shape index (κ1) is 13.6. The molecule has 7 heteroatoms. The van der Waals surface area contributed by atoms with Gasteiger partial charge in [0.25, 0.3) is 5.91 Å². The Hall–Kier alpha value is -1.86. The van der Waals surface area contributed by atoms with Gasteiger partial charge in [-0.3, -0.25) is 10.2 Å². The summed E-state index contributed by atoms with van der Waals surface area (Å²) in [6.45, 7) is 3.63. The molecule has 0 saturated carbocycles. The lowest BCUT2D eigenvalue weighted by atomic mass is 10.2. The van der Waals surface area contributed by atoms with Crippen LogP contribution < -0.4 is 11.3 Å². The fourth-order valence-electron chi connectivity index (χ4n) is 1.55. The third-order valence-corrected chi connectivity index (χ3v) is 3.34. The van der Waals surface area contributed by atoms with Crippen LogP contribution in [0, 0.1) is 13.8 Å². The lowest BCUT2D eigenvalue weighted by Gasteiger charge is -1.98. The number of nitrogens with one attached hydrogen (secondary N) is 1. The molecular weight excluding hydrogens is 264 g/mol. The molecule has 0 aromatic carbocycles. The molecule has 0 fully saturated rings. The number of aryl methyl sites for hydroxylation is 2. The highest BCUT2D eigenvalue weighted by molar-refractivity contribution is 7.98. The maximum Gasteiger partial charge on any atom is 0.268 e. The van der Waals surface area contributed by atoms with Gasteiger partial charge in [0.1, 0.15) is 11.5 Å². The maximum atomic E-state index is 11.4. The highest BCUT2D eigenvalue weighted by atomic mass is 32.2. The van der Waals surface area contributed by atoms with Gasteiger partial charge >= 0.3 is 0 Å². The van der Waals surface area contributed by atoms with Crippen LogP contribution in [0.5, 0.6) is 0 Å².